The molecular formula is C16H19NS. The number of nitrogens with two attached hydrogens (primary N) is 1. The van der Waals surface area contributed by atoms with Crippen molar-refractivity contribution in [1.82, 2.24) is 0 Å². The molecule has 0 unspecified atom stereocenters. The fourth-order valence-electron chi connectivity index (χ4n) is 1.79. The zero-order valence-corrected chi connectivity index (χ0v) is 11.9. The third kappa shape index (κ3) is 2.88. The minimum atomic E-state index is 0.577. The number of hydrogen-bond donors (Lipinski definition) is 1. The predicted molar refractivity (Wildman–Crippen MR) is 80.2 cm³/mol. The maximum atomic E-state index is 6.09. The van der Waals surface area contributed by atoms with Gasteiger partial charge in [-0.05, 0) is 42.2 Å². The van der Waals surface area contributed by atoms with Crippen LogP contribution in [0.3, 0.4) is 0 Å². The minimum Gasteiger partial charge on any atom is -0.398 e. The van der Waals surface area contributed by atoms with Gasteiger partial charge in [0.15, 0.2) is 0 Å². The lowest BCUT2D eigenvalue weighted by atomic mass is 10.0. The number of anilines is 1. The standard InChI is InChI=1S/C16H19NS/c1-11(2)13-7-9-14(10-8-13)18-15-6-4-5-12(3)16(15)17/h4-11H,17H2,1-3H3. The van der Waals surface area contributed by atoms with Crippen LogP contribution in [0.1, 0.15) is 30.9 Å². The van der Waals surface area contributed by atoms with E-state index in [9.17, 15) is 0 Å². The van der Waals surface area contributed by atoms with Crippen molar-refractivity contribution in [3.8, 4) is 0 Å². The van der Waals surface area contributed by atoms with E-state index in [1.54, 1.807) is 11.8 Å². The van der Waals surface area contributed by atoms with Crippen LogP contribution >= 0.6 is 11.8 Å². The van der Waals surface area contributed by atoms with E-state index >= 15 is 0 Å². The van der Waals surface area contributed by atoms with E-state index < -0.39 is 0 Å². The van der Waals surface area contributed by atoms with Crippen molar-refractivity contribution >= 4 is 17.4 Å². The topological polar surface area (TPSA) is 26.0 Å². The van der Waals surface area contributed by atoms with Gasteiger partial charge >= 0.3 is 0 Å². The SMILES string of the molecule is Cc1cccc(Sc2ccc(C(C)C)cc2)c1N. The Morgan fingerprint density at radius 2 is 1.67 bits per heavy atom. The maximum Gasteiger partial charge on any atom is 0.0485 e. The average Bonchev–Trinajstić information content (AvgIpc) is 2.36. The Hall–Kier alpha value is -1.41. The second-order valence-electron chi connectivity index (χ2n) is 4.81. The number of aryl methyl sites for hydroxylation is 1. The number of benzene rings is 2. The summed E-state index contributed by atoms with van der Waals surface area (Å²) in [6.45, 7) is 6.46. The number of para-hydroxylation sites is 1. The second kappa shape index (κ2) is 5.49. The third-order valence-electron chi connectivity index (χ3n) is 3.06. The number of hydrogen-bond acceptors (Lipinski definition) is 2. The van der Waals surface area contributed by atoms with Crippen molar-refractivity contribution in [2.24, 2.45) is 0 Å². The largest absolute Gasteiger partial charge is 0.398 e. The van der Waals surface area contributed by atoms with Gasteiger partial charge in [0, 0.05) is 15.5 Å². The van der Waals surface area contributed by atoms with Crippen molar-refractivity contribution in [2.75, 3.05) is 5.73 Å². The minimum absolute atomic E-state index is 0.577. The lowest BCUT2D eigenvalue weighted by molar-refractivity contribution is 0.865. The summed E-state index contributed by atoms with van der Waals surface area (Å²) in [6.07, 6.45) is 0. The zero-order valence-electron chi connectivity index (χ0n) is 11.1. The van der Waals surface area contributed by atoms with E-state index in [4.69, 9.17) is 5.73 Å². The molecule has 0 saturated carbocycles. The van der Waals surface area contributed by atoms with E-state index in [2.05, 4.69) is 50.2 Å². The zero-order chi connectivity index (χ0) is 13.1. The monoisotopic (exact) mass is 257 g/mol. The molecule has 1 nitrogen and oxygen atoms in total. The van der Waals surface area contributed by atoms with Crippen LogP contribution in [-0.2, 0) is 0 Å². The Bertz CT molecular complexity index is 529. The molecular weight excluding hydrogens is 238 g/mol. The first kappa shape index (κ1) is 13.0. The average molecular weight is 257 g/mol. The van der Waals surface area contributed by atoms with Gasteiger partial charge in [-0.3, -0.25) is 0 Å². The lowest BCUT2D eigenvalue weighted by Crippen LogP contribution is -1.92. The molecule has 2 aromatic carbocycles. The summed E-state index contributed by atoms with van der Waals surface area (Å²) in [5, 5.41) is 0. The van der Waals surface area contributed by atoms with Gasteiger partial charge in [0.2, 0.25) is 0 Å². The van der Waals surface area contributed by atoms with Crippen molar-refractivity contribution in [2.45, 2.75) is 36.5 Å². The summed E-state index contributed by atoms with van der Waals surface area (Å²) < 4.78 is 0. The van der Waals surface area contributed by atoms with Crippen LogP contribution in [0.25, 0.3) is 0 Å². The quantitative estimate of drug-likeness (QED) is 0.795. The van der Waals surface area contributed by atoms with Crippen LogP contribution in [-0.4, -0.2) is 0 Å². The molecule has 0 radical (unpaired) electrons. The van der Waals surface area contributed by atoms with Crippen LogP contribution in [0.2, 0.25) is 0 Å². The molecule has 0 aliphatic rings. The highest BCUT2D eigenvalue weighted by Gasteiger charge is 2.04. The lowest BCUT2D eigenvalue weighted by Gasteiger charge is -2.09. The molecule has 0 bridgehead atoms. The molecule has 0 saturated heterocycles. The highest BCUT2D eigenvalue weighted by atomic mass is 32.2. The molecule has 94 valence electrons. The highest BCUT2D eigenvalue weighted by molar-refractivity contribution is 7.99. The summed E-state index contributed by atoms with van der Waals surface area (Å²) >= 11 is 1.72. The fraction of sp³-hybridized carbons (Fsp3) is 0.250. The van der Waals surface area contributed by atoms with E-state index in [1.165, 1.54) is 10.5 Å². The molecule has 0 fully saturated rings. The molecule has 0 amide bonds. The van der Waals surface area contributed by atoms with Gasteiger partial charge in [-0.2, -0.15) is 0 Å². The van der Waals surface area contributed by atoms with Gasteiger partial charge in [-0.25, -0.2) is 0 Å². The van der Waals surface area contributed by atoms with Gasteiger partial charge in [0.25, 0.3) is 0 Å². The summed E-state index contributed by atoms with van der Waals surface area (Å²) in [6, 6.07) is 14.9. The van der Waals surface area contributed by atoms with E-state index in [0.717, 1.165) is 16.1 Å². The summed E-state index contributed by atoms with van der Waals surface area (Å²) in [7, 11) is 0. The first-order chi connectivity index (χ1) is 8.58. The van der Waals surface area contributed by atoms with Gasteiger partial charge in [-0.15, -0.1) is 0 Å². The Labute approximate surface area is 113 Å². The van der Waals surface area contributed by atoms with Crippen LogP contribution < -0.4 is 5.73 Å². The maximum absolute atomic E-state index is 6.09. The second-order valence-corrected chi connectivity index (χ2v) is 5.93. The van der Waals surface area contributed by atoms with Gasteiger partial charge < -0.3 is 5.73 Å². The van der Waals surface area contributed by atoms with Crippen LogP contribution in [0.4, 0.5) is 5.69 Å². The summed E-state index contributed by atoms with van der Waals surface area (Å²) in [4.78, 5) is 2.36. The highest BCUT2D eigenvalue weighted by Crippen LogP contribution is 2.33. The van der Waals surface area contributed by atoms with Crippen LogP contribution in [0, 0.1) is 6.92 Å². The Balaban J connectivity index is 2.21. The third-order valence-corrected chi connectivity index (χ3v) is 4.14. The van der Waals surface area contributed by atoms with Crippen molar-refractivity contribution < 1.29 is 0 Å². The molecule has 2 heteroatoms. The molecule has 0 aliphatic heterocycles. The molecule has 0 heterocycles. The van der Waals surface area contributed by atoms with E-state index in [0.29, 0.717) is 5.92 Å². The molecule has 0 aromatic heterocycles. The Morgan fingerprint density at radius 1 is 1.00 bits per heavy atom. The fourth-order valence-corrected chi connectivity index (χ4v) is 2.73. The molecule has 0 spiro atoms. The van der Waals surface area contributed by atoms with Gasteiger partial charge in [0.1, 0.15) is 0 Å². The first-order valence-electron chi connectivity index (χ1n) is 6.21. The molecule has 2 N–H and O–H groups in total. The normalized spacial score (nSPS) is 10.9. The molecule has 0 aliphatic carbocycles. The van der Waals surface area contributed by atoms with Gasteiger partial charge in [-0.1, -0.05) is 49.9 Å². The molecule has 2 aromatic rings. The molecule has 2 rings (SSSR count). The molecule has 18 heavy (non-hydrogen) atoms. The smallest absolute Gasteiger partial charge is 0.0485 e. The molecule has 0 atom stereocenters. The van der Waals surface area contributed by atoms with Crippen molar-refractivity contribution in [1.29, 1.82) is 0 Å². The van der Waals surface area contributed by atoms with Crippen molar-refractivity contribution in [3.63, 3.8) is 0 Å². The van der Waals surface area contributed by atoms with Crippen LogP contribution in [0.5, 0.6) is 0 Å². The summed E-state index contributed by atoms with van der Waals surface area (Å²) in [5.74, 6) is 0.577. The Kier molecular flexibility index (Phi) is 3.97. The van der Waals surface area contributed by atoms with Gasteiger partial charge in [0.05, 0.1) is 0 Å². The van der Waals surface area contributed by atoms with E-state index in [-0.39, 0.29) is 0 Å². The van der Waals surface area contributed by atoms with Crippen LogP contribution in [0.15, 0.2) is 52.3 Å². The first-order valence-corrected chi connectivity index (χ1v) is 7.02. The Morgan fingerprint density at radius 3 is 2.28 bits per heavy atom. The van der Waals surface area contributed by atoms with E-state index in [1.807, 2.05) is 13.0 Å². The number of nitrogen functional groups attached to an aromatic ring is 1. The predicted octanol–water partition coefficient (Wildman–Crippen LogP) is 4.85. The van der Waals surface area contributed by atoms with Crippen molar-refractivity contribution in [3.05, 3.63) is 53.6 Å². The summed E-state index contributed by atoms with van der Waals surface area (Å²) in [5.41, 5.74) is 9.48. The number of rotatable bonds is 3.